The lowest BCUT2D eigenvalue weighted by Gasteiger charge is -2.33. The summed E-state index contributed by atoms with van der Waals surface area (Å²) < 4.78 is 46.4. The molecule has 0 unspecified atom stereocenters. The summed E-state index contributed by atoms with van der Waals surface area (Å²) in [4.78, 5) is 32.4. The van der Waals surface area contributed by atoms with E-state index in [9.17, 15) is 22.8 Å². The zero-order valence-corrected chi connectivity index (χ0v) is 14.6. The van der Waals surface area contributed by atoms with E-state index in [1.807, 2.05) is 0 Å². The Morgan fingerprint density at radius 1 is 1.21 bits per heavy atom. The molecule has 1 aliphatic rings. The number of rotatable bonds is 2. The predicted octanol–water partition coefficient (Wildman–Crippen LogP) is 2.68. The van der Waals surface area contributed by atoms with Gasteiger partial charge in [-0.05, 0) is 23.6 Å². The Morgan fingerprint density at radius 3 is 2.64 bits per heavy atom. The number of nitrogens with zero attached hydrogens (tertiary/aromatic N) is 2. The fourth-order valence-electron chi connectivity index (χ4n) is 3.43. The molecule has 6 nitrogen and oxygen atoms in total. The standard InChI is InChI=1S/C19H14F3N3O3/c1-25(19(27)9-2-3-23-16(22)4-9)15-8-28-7-14-17(15)10-5-12(20)13(21)6-11(10)18(26)24-14/h2-6,15H,7-8H2,1H3,(H,24,26)/t15-/m0/s1. The van der Waals surface area contributed by atoms with E-state index in [1.165, 1.54) is 24.2 Å². The Balaban J connectivity index is 1.86. The number of H-pyrrole nitrogens is 1. The highest BCUT2D eigenvalue weighted by molar-refractivity contribution is 5.95. The molecule has 9 heteroatoms. The van der Waals surface area contributed by atoms with Crippen LogP contribution in [0.4, 0.5) is 13.2 Å². The van der Waals surface area contributed by atoms with Gasteiger partial charge in [0.1, 0.15) is 0 Å². The lowest BCUT2D eigenvalue weighted by atomic mass is 9.95. The van der Waals surface area contributed by atoms with Gasteiger partial charge in [0.05, 0.1) is 24.6 Å². The number of hydrogen-bond acceptors (Lipinski definition) is 4. The molecule has 3 aromatic rings. The summed E-state index contributed by atoms with van der Waals surface area (Å²) in [6, 6.07) is 3.45. The van der Waals surface area contributed by atoms with Crippen molar-refractivity contribution >= 4 is 16.7 Å². The van der Waals surface area contributed by atoms with E-state index in [0.717, 1.165) is 18.2 Å². The van der Waals surface area contributed by atoms with Crippen molar-refractivity contribution in [2.45, 2.75) is 12.6 Å². The molecule has 0 bridgehead atoms. The predicted molar refractivity (Wildman–Crippen MR) is 93.2 cm³/mol. The normalized spacial score (nSPS) is 16.1. The summed E-state index contributed by atoms with van der Waals surface area (Å²) in [5, 5.41) is 0.173. The molecule has 2 aromatic heterocycles. The highest BCUT2D eigenvalue weighted by atomic mass is 19.2. The van der Waals surface area contributed by atoms with Crippen LogP contribution < -0.4 is 5.56 Å². The van der Waals surface area contributed by atoms with Crippen molar-refractivity contribution in [1.29, 1.82) is 0 Å². The Morgan fingerprint density at radius 2 is 1.93 bits per heavy atom. The molecular formula is C19H14F3N3O3. The van der Waals surface area contributed by atoms with E-state index >= 15 is 0 Å². The quantitative estimate of drug-likeness (QED) is 0.684. The molecule has 28 heavy (non-hydrogen) atoms. The van der Waals surface area contributed by atoms with Crippen LogP contribution in [0, 0.1) is 17.6 Å². The molecule has 3 heterocycles. The minimum atomic E-state index is -1.14. The molecule has 0 saturated heterocycles. The van der Waals surface area contributed by atoms with Gasteiger partial charge in [-0.1, -0.05) is 0 Å². The number of hydrogen-bond donors (Lipinski definition) is 1. The smallest absolute Gasteiger partial charge is 0.256 e. The zero-order valence-electron chi connectivity index (χ0n) is 14.6. The van der Waals surface area contributed by atoms with Crippen LogP contribution in [-0.4, -0.2) is 34.4 Å². The summed E-state index contributed by atoms with van der Waals surface area (Å²) in [7, 11) is 1.49. The molecule has 0 spiro atoms. The summed E-state index contributed by atoms with van der Waals surface area (Å²) in [6.07, 6.45) is 1.17. The van der Waals surface area contributed by atoms with E-state index in [1.54, 1.807) is 0 Å². The summed E-state index contributed by atoms with van der Waals surface area (Å²) >= 11 is 0. The number of pyridine rings is 2. The van der Waals surface area contributed by atoms with E-state index in [4.69, 9.17) is 4.74 Å². The van der Waals surface area contributed by atoms with Gasteiger partial charge in [0.25, 0.3) is 11.5 Å². The zero-order chi connectivity index (χ0) is 20.0. The molecule has 1 aliphatic heterocycles. The highest BCUT2D eigenvalue weighted by Gasteiger charge is 2.31. The first-order valence-corrected chi connectivity index (χ1v) is 8.37. The summed E-state index contributed by atoms with van der Waals surface area (Å²) in [5.41, 5.74) is 0.334. The molecule has 1 N–H and O–H groups in total. The molecule has 1 aromatic carbocycles. The van der Waals surface area contributed by atoms with Gasteiger partial charge in [0.15, 0.2) is 11.6 Å². The van der Waals surface area contributed by atoms with Crippen LogP contribution in [0.5, 0.6) is 0 Å². The Kier molecular flexibility index (Phi) is 4.38. The third-order valence-corrected chi connectivity index (χ3v) is 4.80. The Hall–Kier alpha value is -3.20. The maximum atomic E-state index is 13.9. The van der Waals surface area contributed by atoms with E-state index < -0.39 is 35.1 Å². The number of halogens is 3. The Bertz CT molecular complexity index is 1160. The van der Waals surface area contributed by atoms with E-state index in [2.05, 4.69) is 9.97 Å². The van der Waals surface area contributed by atoms with Crippen LogP contribution in [-0.2, 0) is 11.3 Å². The van der Waals surface area contributed by atoms with Gasteiger partial charge >= 0.3 is 0 Å². The van der Waals surface area contributed by atoms with Crippen molar-refractivity contribution in [2.75, 3.05) is 13.7 Å². The van der Waals surface area contributed by atoms with Crippen LogP contribution in [0.1, 0.15) is 27.7 Å². The molecule has 144 valence electrons. The molecular weight excluding hydrogens is 375 g/mol. The van der Waals surface area contributed by atoms with Crippen LogP contribution in [0.15, 0.2) is 35.3 Å². The number of carbonyl (C=O) groups excluding carboxylic acids is 1. The molecule has 0 radical (unpaired) electrons. The molecule has 0 fully saturated rings. The number of carbonyl (C=O) groups is 1. The number of nitrogens with one attached hydrogen (secondary N) is 1. The molecule has 4 rings (SSSR count). The second-order valence-corrected chi connectivity index (χ2v) is 6.47. The second-order valence-electron chi connectivity index (χ2n) is 6.47. The van der Waals surface area contributed by atoms with Crippen LogP contribution >= 0.6 is 0 Å². The monoisotopic (exact) mass is 389 g/mol. The summed E-state index contributed by atoms with van der Waals surface area (Å²) in [6.45, 7) is 0.130. The van der Waals surface area contributed by atoms with Crippen molar-refractivity contribution in [2.24, 2.45) is 0 Å². The highest BCUT2D eigenvalue weighted by Crippen LogP contribution is 2.34. The SMILES string of the molecule is CN(C(=O)c1ccnc(F)c1)[C@H]1COCc2[nH]c(=O)c3cc(F)c(F)cc3c21. The van der Waals surface area contributed by atoms with Gasteiger partial charge in [-0.2, -0.15) is 4.39 Å². The lowest BCUT2D eigenvalue weighted by Crippen LogP contribution is -2.37. The number of benzene rings is 1. The van der Waals surface area contributed by atoms with Gasteiger partial charge in [0.2, 0.25) is 5.95 Å². The topological polar surface area (TPSA) is 75.3 Å². The van der Waals surface area contributed by atoms with Crippen molar-refractivity contribution in [1.82, 2.24) is 14.9 Å². The van der Waals surface area contributed by atoms with Gasteiger partial charge in [-0.15, -0.1) is 0 Å². The van der Waals surface area contributed by atoms with Gasteiger partial charge in [-0.3, -0.25) is 9.59 Å². The van der Waals surface area contributed by atoms with Gasteiger partial charge in [0, 0.05) is 36.1 Å². The first-order valence-electron chi connectivity index (χ1n) is 8.37. The maximum Gasteiger partial charge on any atom is 0.256 e. The van der Waals surface area contributed by atoms with Gasteiger partial charge in [-0.25, -0.2) is 13.8 Å². The number of ether oxygens (including phenoxy) is 1. The first-order chi connectivity index (χ1) is 13.4. The lowest BCUT2D eigenvalue weighted by molar-refractivity contribution is 0.0335. The molecule has 0 aliphatic carbocycles. The minimum Gasteiger partial charge on any atom is -0.373 e. The Labute approximate surface area is 156 Å². The number of fused-ring (bicyclic) bond motifs is 3. The molecule has 1 amide bonds. The average Bonchev–Trinajstić information content (AvgIpc) is 2.68. The fraction of sp³-hybridized carbons (Fsp3) is 0.211. The molecule has 0 saturated carbocycles. The van der Waals surface area contributed by atoms with Crippen molar-refractivity contribution in [3.8, 4) is 0 Å². The number of amides is 1. The summed E-state index contributed by atoms with van der Waals surface area (Å²) in [5.74, 6) is -3.55. The van der Waals surface area contributed by atoms with E-state index in [0.29, 0.717) is 11.3 Å². The maximum absolute atomic E-state index is 13.9. The minimum absolute atomic E-state index is 0.0274. The fourth-order valence-corrected chi connectivity index (χ4v) is 3.43. The largest absolute Gasteiger partial charge is 0.373 e. The van der Waals surface area contributed by atoms with Crippen LogP contribution in [0.25, 0.3) is 10.8 Å². The third-order valence-electron chi connectivity index (χ3n) is 4.80. The van der Waals surface area contributed by atoms with Crippen LogP contribution in [0.3, 0.4) is 0 Å². The van der Waals surface area contributed by atoms with E-state index in [-0.39, 0.29) is 29.5 Å². The van der Waals surface area contributed by atoms with Crippen molar-refractivity contribution in [3.05, 3.63) is 75.2 Å². The average molecular weight is 389 g/mol. The second kappa shape index (κ2) is 6.75. The van der Waals surface area contributed by atoms with Gasteiger partial charge < -0.3 is 14.6 Å². The number of aromatic amines is 1. The number of likely N-dealkylation sites (N-methyl/N-ethyl adjacent to an activating group) is 1. The van der Waals surface area contributed by atoms with Crippen molar-refractivity contribution in [3.63, 3.8) is 0 Å². The molecule has 1 atom stereocenters. The first kappa shape index (κ1) is 18.2. The van der Waals surface area contributed by atoms with Crippen molar-refractivity contribution < 1.29 is 22.7 Å². The third kappa shape index (κ3) is 2.93. The van der Waals surface area contributed by atoms with Crippen LogP contribution in [0.2, 0.25) is 0 Å². The number of aromatic nitrogens is 2.